The third-order valence-corrected chi connectivity index (χ3v) is 4.38. The lowest BCUT2D eigenvalue weighted by atomic mass is 9.76. The Morgan fingerprint density at radius 3 is 2.22 bits per heavy atom. The van der Waals surface area contributed by atoms with Crippen molar-refractivity contribution in [3.05, 3.63) is 0 Å². The van der Waals surface area contributed by atoms with Crippen molar-refractivity contribution >= 4 is 5.78 Å². The Morgan fingerprint density at radius 1 is 1.11 bits per heavy atom. The van der Waals surface area contributed by atoms with E-state index >= 15 is 0 Å². The monoisotopic (exact) mass is 254 g/mol. The highest BCUT2D eigenvalue weighted by Crippen LogP contribution is 2.45. The zero-order valence-corrected chi connectivity index (χ0v) is 12.3. The molecule has 0 aromatic carbocycles. The molecule has 2 saturated heterocycles. The molecule has 2 aliphatic rings. The van der Waals surface area contributed by atoms with Crippen LogP contribution >= 0.6 is 0 Å². The molecule has 3 nitrogen and oxygen atoms in total. The van der Waals surface area contributed by atoms with Crippen molar-refractivity contribution in [2.75, 3.05) is 6.61 Å². The molecule has 0 amide bonds. The second kappa shape index (κ2) is 4.31. The summed E-state index contributed by atoms with van der Waals surface area (Å²) in [4.78, 5) is 12.8. The number of hydrogen-bond acceptors (Lipinski definition) is 3. The van der Waals surface area contributed by atoms with Gasteiger partial charge in [0.15, 0.2) is 5.78 Å². The van der Waals surface area contributed by atoms with Gasteiger partial charge in [0.25, 0.3) is 0 Å². The van der Waals surface area contributed by atoms with Gasteiger partial charge in [-0.1, -0.05) is 0 Å². The van der Waals surface area contributed by atoms with Gasteiger partial charge in [-0.15, -0.1) is 0 Å². The van der Waals surface area contributed by atoms with Crippen LogP contribution in [0.5, 0.6) is 0 Å². The summed E-state index contributed by atoms with van der Waals surface area (Å²) in [5.74, 6) is 0.174. The van der Waals surface area contributed by atoms with Crippen molar-refractivity contribution in [2.45, 2.75) is 77.1 Å². The van der Waals surface area contributed by atoms with Gasteiger partial charge >= 0.3 is 0 Å². The van der Waals surface area contributed by atoms with Crippen LogP contribution in [0.15, 0.2) is 0 Å². The third kappa shape index (κ3) is 2.48. The van der Waals surface area contributed by atoms with Gasteiger partial charge in [0, 0.05) is 6.61 Å². The average molecular weight is 254 g/mol. The Bertz CT molecular complexity index is 338. The van der Waals surface area contributed by atoms with E-state index in [9.17, 15) is 4.79 Å². The van der Waals surface area contributed by atoms with E-state index in [1.165, 1.54) is 0 Å². The number of ketones is 1. The molecular weight excluding hydrogens is 228 g/mol. The lowest BCUT2D eigenvalue weighted by Gasteiger charge is -2.37. The van der Waals surface area contributed by atoms with Crippen molar-refractivity contribution in [1.82, 2.24) is 0 Å². The molecule has 2 rings (SSSR count). The maximum absolute atomic E-state index is 12.8. The quantitative estimate of drug-likeness (QED) is 0.759. The van der Waals surface area contributed by atoms with Crippen molar-refractivity contribution in [1.29, 1.82) is 0 Å². The number of Topliss-reactive ketones (excluding diaryl/α,β-unsaturated/α-hetero) is 1. The van der Waals surface area contributed by atoms with E-state index in [4.69, 9.17) is 9.47 Å². The highest BCUT2D eigenvalue weighted by Gasteiger charge is 2.53. The van der Waals surface area contributed by atoms with Gasteiger partial charge in [0.1, 0.15) is 5.60 Å². The molecule has 0 aliphatic carbocycles. The standard InChI is InChI=1S/C15H26O3/c1-13(2)10-11(14(3,4)18-13)12(16)15(5)8-6-7-9-17-15/h11H,6-10H2,1-5H3. The Hall–Kier alpha value is -0.410. The van der Waals surface area contributed by atoms with Crippen LogP contribution in [0.2, 0.25) is 0 Å². The summed E-state index contributed by atoms with van der Waals surface area (Å²) in [5, 5.41) is 0. The Labute approximate surface area is 110 Å². The fourth-order valence-electron chi connectivity index (χ4n) is 3.47. The highest BCUT2D eigenvalue weighted by atomic mass is 16.5. The van der Waals surface area contributed by atoms with Gasteiger partial charge in [-0.3, -0.25) is 4.79 Å². The van der Waals surface area contributed by atoms with E-state index in [1.54, 1.807) is 0 Å². The lowest BCUT2D eigenvalue weighted by Crippen LogP contribution is -2.49. The van der Waals surface area contributed by atoms with Crippen LogP contribution in [-0.4, -0.2) is 29.2 Å². The predicted molar refractivity (Wildman–Crippen MR) is 70.6 cm³/mol. The van der Waals surface area contributed by atoms with E-state index in [0.717, 1.165) is 25.7 Å². The summed E-state index contributed by atoms with van der Waals surface area (Å²) in [7, 11) is 0. The Morgan fingerprint density at radius 2 is 1.78 bits per heavy atom. The van der Waals surface area contributed by atoms with Gasteiger partial charge in [-0.05, 0) is 60.3 Å². The zero-order chi connectivity index (χ0) is 13.6. The van der Waals surface area contributed by atoms with Crippen LogP contribution in [0.3, 0.4) is 0 Å². The first kappa shape index (κ1) is 14.0. The largest absolute Gasteiger partial charge is 0.369 e. The molecule has 2 unspecified atom stereocenters. The molecule has 0 aromatic heterocycles. The maximum atomic E-state index is 12.8. The van der Waals surface area contributed by atoms with Crippen LogP contribution in [0.1, 0.15) is 60.3 Å². The summed E-state index contributed by atoms with van der Waals surface area (Å²) in [5.41, 5.74) is -1.19. The summed E-state index contributed by atoms with van der Waals surface area (Å²) in [6.45, 7) is 10.8. The van der Waals surface area contributed by atoms with Crippen molar-refractivity contribution in [3.63, 3.8) is 0 Å². The fourth-order valence-corrected chi connectivity index (χ4v) is 3.47. The predicted octanol–water partition coefficient (Wildman–Crippen LogP) is 3.11. The van der Waals surface area contributed by atoms with Crippen LogP contribution in [0.4, 0.5) is 0 Å². The summed E-state index contributed by atoms with van der Waals surface area (Å²) in [6.07, 6.45) is 3.79. The summed E-state index contributed by atoms with van der Waals surface area (Å²) >= 11 is 0. The van der Waals surface area contributed by atoms with Crippen molar-refractivity contribution < 1.29 is 14.3 Å². The van der Waals surface area contributed by atoms with E-state index < -0.39 is 5.60 Å². The minimum atomic E-state index is -0.593. The minimum Gasteiger partial charge on any atom is -0.369 e. The number of ether oxygens (including phenoxy) is 2. The maximum Gasteiger partial charge on any atom is 0.170 e. The smallest absolute Gasteiger partial charge is 0.170 e. The van der Waals surface area contributed by atoms with Crippen LogP contribution < -0.4 is 0 Å². The molecule has 0 bridgehead atoms. The normalized spacial score (nSPS) is 38.6. The number of carbonyl (C=O) groups is 1. The van der Waals surface area contributed by atoms with E-state index in [0.29, 0.717) is 6.61 Å². The summed E-state index contributed by atoms with van der Waals surface area (Å²) in [6, 6.07) is 0. The molecule has 0 radical (unpaired) electrons. The molecular formula is C15H26O3. The van der Waals surface area contributed by atoms with E-state index in [-0.39, 0.29) is 22.9 Å². The molecule has 104 valence electrons. The van der Waals surface area contributed by atoms with Crippen molar-refractivity contribution in [3.8, 4) is 0 Å². The van der Waals surface area contributed by atoms with Gasteiger partial charge in [-0.2, -0.15) is 0 Å². The third-order valence-electron chi connectivity index (χ3n) is 4.38. The Balaban J connectivity index is 2.18. The van der Waals surface area contributed by atoms with Crippen LogP contribution in [-0.2, 0) is 14.3 Å². The first-order valence-corrected chi connectivity index (χ1v) is 7.05. The molecule has 18 heavy (non-hydrogen) atoms. The van der Waals surface area contributed by atoms with Gasteiger partial charge in [-0.25, -0.2) is 0 Å². The van der Waals surface area contributed by atoms with E-state index in [2.05, 4.69) is 13.8 Å². The molecule has 2 atom stereocenters. The van der Waals surface area contributed by atoms with Crippen LogP contribution in [0.25, 0.3) is 0 Å². The number of rotatable bonds is 2. The minimum absolute atomic E-state index is 0.0596. The number of carbonyl (C=O) groups excluding carboxylic acids is 1. The molecule has 2 fully saturated rings. The van der Waals surface area contributed by atoms with Gasteiger partial charge in [0.2, 0.25) is 0 Å². The highest BCUT2D eigenvalue weighted by molar-refractivity contribution is 5.90. The average Bonchev–Trinajstić information content (AvgIpc) is 2.46. The second-order valence-electron chi connectivity index (χ2n) is 7.12. The zero-order valence-electron chi connectivity index (χ0n) is 12.3. The molecule has 2 aliphatic heterocycles. The molecule has 3 heteroatoms. The number of hydrogen-bond donors (Lipinski definition) is 0. The van der Waals surface area contributed by atoms with Gasteiger partial charge in [0.05, 0.1) is 17.1 Å². The molecule has 0 saturated carbocycles. The SMILES string of the molecule is CC1(C)CC(C(=O)C2(C)CCCCO2)C(C)(C)O1. The Kier molecular flexibility index (Phi) is 3.35. The second-order valence-corrected chi connectivity index (χ2v) is 7.12. The fraction of sp³-hybridized carbons (Fsp3) is 0.933. The van der Waals surface area contributed by atoms with Gasteiger partial charge < -0.3 is 9.47 Å². The van der Waals surface area contributed by atoms with Crippen LogP contribution in [0, 0.1) is 5.92 Å². The summed E-state index contributed by atoms with van der Waals surface area (Å²) < 4.78 is 11.8. The first-order chi connectivity index (χ1) is 8.16. The van der Waals surface area contributed by atoms with Crippen molar-refractivity contribution in [2.24, 2.45) is 5.92 Å². The molecule has 0 aromatic rings. The van der Waals surface area contributed by atoms with E-state index in [1.807, 2.05) is 20.8 Å². The molecule has 0 N–H and O–H groups in total. The molecule has 0 spiro atoms. The first-order valence-electron chi connectivity index (χ1n) is 7.05. The molecule has 2 heterocycles. The lowest BCUT2D eigenvalue weighted by molar-refractivity contribution is -0.157. The topological polar surface area (TPSA) is 35.5 Å².